The van der Waals surface area contributed by atoms with Crippen LogP contribution in [0.1, 0.15) is 54.5 Å². The Bertz CT molecular complexity index is 1290. The highest BCUT2D eigenvalue weighted by atomic mass is 19.2. The van der Waals surface area contributed by atoms with Crippen molar-refractivity contribution in [2.24, 2.45) is 5.92 Å². The standard InChI is InChI=1S/C30H28F4O2/c1-17(35)19-8-10-21(11-9-19)23-13-12-22(27(31)28(23)32)7-4-18-2-5-20(6-3-18)24-14-15-25(26-16-36-26)30(34)29(24)33/h2-3,5-6,10,12-15,17,19,26,35H,4,7-9,11,16H2,1H3. The Labute approximate surface area is 208 Å². The van der Waals surface area contributed by atoms with E-state index in [1.807, 2.05) is 6.08 Å². The van der Waals surface area contributed by atoms with Gasteiger partial charge < -0.3 is 9.84 Å². The summed E-state index contributed by atoms with van der Waals surface area (Å²) < 4.78 is 63.7. The smallest absolute Gasteiger partial charge is 0.167 e. The van der Waals surface area contributed by atoms with Gasteiger partial charge in [-0.05, 0) is 67.2 Å². The van der Waals surface area contributed by atoms with Gasteiger partial charge in [-0.25, -0.2) is 17.6 Å². The number of hydrogen-bond donors (Lipinski definition) is 1. The molecule has 0 radical (unpaired) electrons. The van der Waals surface area contributed by atoms with Crippen LogP contribution in [0.15, 0.2) is 54.6 Å². The van der Waals surface area contributed by atoms with E-state index in [2.05, 4.69) is 0 Å². The molecule has 0 bridgehead atoms. The number of hydrogen-bond acceptors (Lipinski definition) is 2. The molecular weight excluding hydrogens is 468 g/mol. The fraction of sp³-hybridized carbons (Fsp3) is 0.333. The van der Waals surface area contributed by atoms with Crippen LogP contribution in [-0.4, -0.2) is 17.8 Å². The molecule has 1 aliphatic carbocycles. The second-order valence-electron chi connectivity index (χ2n) is 9.75. The number of epoxide rings is 1. The van der Waals surface area contributed by atoms with Gasteiger partial charge >= 0.3 is 0 Å². The molecule has 1 aliphatic heterocycles. The summed E-state index contributed by atoms with van der Waals surface area (Å²) in [5, 5.41) is 9.75. The number of aryl methyl sites for hydroxylation is 2. The van der Waals surface area contributed by atoms with Crippen LogP contribution in [0.4, 0.5) is 17.6 Å². The maximum absolute atomic E-state index is 14.9. The SMILES string of the molecule is CC(O)C1CC=C(c2ccc(CCc3ccc(-c4ccc(C5CO5)c(F)c4F)cc3)c(F)c2F)CC1. The summed E-state index contributed by atoms with van der Waals surface area (Å²) in [6.45, 7) is 2.16. The molecule has 1 fully saturated rings. The molecule has 188 valence electrons. The molecule has 2 nitrogen and oxygen atoms in total. The third-order valence-corrected chi connectivity index (χ3v) is 7.38. The van der Waals surface area contributed by atoms with E-state index >= 15 is 0 Å². The van der Waals surface area contributed by atoms with Crippen molar-refractivity contribution >= 4 is 5.57 Å². The number of aliphatic hydroxyl groups excluding tert-OH is 1. The van der Waals surface area contributed by atoms with Gasteiger partial charge in [-0.3, -0.25) is 0 Å². The molecule has 3 aromatic rings. The summed E-state index contributed by atoms with van der Waals surface area (Å²) >= 11 is 0. The van der Waals surface area contributed by atoms with Crippen LogP contribution < -0.4 is 0 Å². The van der Waals surface area contributed by atoms with Gasteiger partial charge in [0.15, 0.2) is 23.3 Å². The van der Waals surface area contributed by atoms with Crippen LogP contribution in [0.5, 0.6) is 0 Å². The highest BCUT2D eigenvalue weighted by Gasteiger charge is 2.30. The zero-order valence-corrected chi connectivity index (χ0v) is 20.0. The number of rotatable bonds is 7. The van der Waals surface area contributed by atoms with Crippen molar-refractivity contribution in [1.29, 1.82) is 0 Å². The van der Waals surface area contributed by atoms with Crippen LogP contribution in [0, 0.1) is 29.2 Å². The third-order valence-electron chi connectivity index (χ3n) is 7.38. The first-order valence-corrected chi connectivity index (χ1v) is 12.4. The van der Waals surface area contributed by atoms with Crippen LogP contribution >= 0.6 is 0 Å². The summed E-state index contributed by atoms with van der Waals surface area (Å²) in [6, 6.07) is 13.4. The Morgan fingerprint density at radius 1 is 0.861 bits per heavy atom. The number of benzene rings is 3. The molecule has 1 heterocycles. The summed E-state index contributed by atoms with van der Waals surface area (Å²) in [6.07, 6.45) is 3.93. The zero-order valence-electron chi connectivity index (χ0n) is 20.0. The van der Waals surface area contributed by atoms with E-state index in [0.29, 0.717) is 43.4 Å². The fourth-order valence-electron chi connectivity index (χ4n) is 4.96. The van der Waals surface area contributed by atoms with E-state index in [1.54, 1.807) is 55.5 Å². The van der Waals surface area contributed by atoms with Gasteiger partial charge in [0.05, 0.1) is 12.7 Å². The first-order chi connectivity index (χ1) is 17.3. The maximum atomic E-state index is 14.9. The Balaban J connectivity index is 1.26. The lowest BCUT2D eigenvalue weighted by atomic mass is 9.83. The van der Waals surface area contributed by atoms with E-state index in [1.165, 1.54) is 0 Å². The number of aliphatic hydroxyl groups is 1. The molecule has 36 heavy (non-hydrogen) atoms. The molecule has 1 saturated heterocycles. The minimum Gasteiger partial charge on any atom is -0.393 e. The molecular formula is C30H28F4O2. The average molecular weight is 497 g/mol. The minimum atomic E-state index is -0.900. The van der Waals surface area contributed by atoms with Crippen molar-refractivity contribution in [3.8, 4) is 11.1 Å². The van der Waals surface area contributed by atoms with Crippen LogP contribution in [0.3, 0.4) is 0 Å². The molecule has 0 saturated carbocycles. The summed E-state index contributed by atoms with van der Waals surface area (Å²) in [7, 11) is 0. The first kappa shape index (κ1) is 24.7. The van der Waals surface area contributed by atoms with Crippen molar-refractivity contribution in [3.63, 3.8) is 0 Å². The topological polar surface area (TPSA) is 32.8 Å². The van der Waals surface area contributed by atoms with Gasteiger partial charge in [-0.15, -0.1) is 0 Å². The van der Waals surface area contributed by atoms with Crippen LogP contribution in [0.2, 0.25) is 0 Å². The van der Waals surface area contributed by atoms with Gasteiger partial charge in [0.2, 0.25) is 0 Å². The molecule has 0 amide bonds. The van der Waals surface area contributed by atoms with Crippen LogP contribution in [0.25, 0.3) is 16.7 Å². The van der Waals surface area contributed by atoms with Crippen molar-refractivity contribution in [1.82, 2.24) is 0 Å². The van der Waals surface area contributed by atoms with Gasteiger partial charge in [0.1, 0.15) is 6.10 Å². The van der Waals surface area contributed by atoms with Gasteiger partial charge in [-0.2, -0.15) is 0 Å². The number of halogens is 4. The van der Waals surface area contributed by atoms with Gasteiger partial charge in [0, 0.05) is 16.7 Å². The van der Waals surface area contributed by atoms with Crippen molar-refractivity contribution in [2.75, 3.05) is 6.61 Å². The van der Waals surface area contributed by atoms with E-state index in [9.17, 15) is 22.7 Å². The quantitative estimate of drug-likeness (QED) is 0.274. The Hall–Kier alpha value is -2.96. The summed E-state index contributed by atoms with van der Waals surface area (Å²) in [5.41, 5.74) is 3.19. The molecule has 6 heteroatoms. The maximum Gasteiger partial charge on any atom is 0.167 e. The number of allylic oxidation sites excluding steroid dienone is 2. The Morgan fingerprint density at radius 2 is 1.56 bits per heavy atom. The van der Waals surface area contributed by atoms with E-state index in [4.69, 9.17) is 4.74 Å². The predicted molar refractivity (Wildman–Crippen MR) is 131 cm³/mol. The lowest BCUT2D eigenvalue weighted by molar-refractivity contribution is 0.120. The second kappa shape index (κ2) is 10.2. The molecule has 3 atom stereocenters. The average Bonchev–Trinajstić information content (AvgIpc) is 3.72. The Kier molecular flexibility index (Phi) is 7.00. The molecule has 3 unspecified atom stereocenters. The third kappa shape index (κ3) is 4.97. The molecule has 0 spiro atoms. The first-order valence-electron chi connectivity index (χ1n) is 12.4. The van der Waals surface area contributed by atoms with Crippen molar-refractivity contribution < 1.29 is 27.4 Å². The van der Waals surface area contributed by atoms with E-state index in [-0.39, 0.29) is 28.7 Å². The van der Waals surface area contributed by atoms with Crippen molar-refractivity contribution in [2.45, 2.75) is 51.2 Å². The van der Waals surface area contributed by atoms with Gasteiger partial charge in [0.25, 0.3) is 0 Å². The van der Waals surface area contributed by atoms with Gasteiger partial charge in [-0.1, -0.05) is 54.6 Å². The van der Waals surface area contributed by atoms with E-state index < -0.39 is 29.4 Å². The van der Waals surface area contributed by atoms with E-state index in [0.717, 1.165) is 17.6 Å². The normalized spacial score (nSPS) is 20.2. The molecule has 3 aromatic carbocycles. The van der Waals surface area contributed by atoms with Crippen LogP contribution in [-0.2, 0) is 17.6 Å². The summed E-state index contributed by atoms with van der Waals surface area (Å²) in [5.74, 6) is -3.30. The molecule has 0 aromatic heterocycles. The zero-order chi connectivity index (χ0) is 25.4. The predicted octanol–water partition coefficient (Wildman–Crippen LogP) is 7.33. The molecule has 1 N–H and O–H groups in total. The number of ether oxygens (including phenoxy) is 1. The largest absolute Gasteiger partial charge is 0.393 e. The summed E-state index contributed by atoms with van der Waals surface area (Å²) in [4.78, 5) is 0. The lowest BCUT2D eigenvalue weighted by Gasteiger charge is -2.24. The highest BCUT2D eigenvalue weighted by molar-refractivity contribution is 5.67. The second-order valence-corrected chi connectivity index (χ2v) is 9.75. The fourth-order valence-corrected chi connectivity index (χ4v) is 4.96. The minimum absolute atomic E-state index is 0.152. The molecule has 5 rings (SSSR count). The lowest BCUT2D eigenvalue weighted by Crippen LogP contribution is -2.18. The highest BCUT2D eigenvalue weighted by Crippen LogP contribution is 2.36. The Morgan fingerprint density at radius 3 is 2.19 bits per heavy atom. The molecule has 2 aliphatic rings. The monoisotopic (exact) mass is 496 g/mol. The van der Waals surface area contributed by atoms with Crippen molar-refractivity contribution in [3.05, 3.63) is 100 Å².